The summed E-state index contributed by atoms with van der Waals surface area (Å²) in [4.78, 5) is 12.6. The summed E-state index contributed by atoms with van der Waals surface area (Å²) in [5, 5.41) is 2.92. The van der Waals surface area contributed by atoms with Crippen molar-refractivity contribution < 1.29 is 23.1 Å². The van der Waals surface area contributed by atoms with Gasteiger partial charge in [-0.05, 0) is 61.0 Å². The predicted octanol–water partition coefficient (Wildman–Crippen LogP) is 4.74. The SMILES string of the molecule is C[C@H](NC(=O)c1ccc(-c2ccc(F)cc2)o1)c1ccc2c(c1)OCCCO2. The fourth-order valence-electron chi connectivity index (χ4n) is 3.03. The molecule has 2 heterocycles. The molecule has 4 rings (SSSR count). The number of amides is 1. The molecule has 1 aliphatic rings. The van der Waals surface area contributed by atoms with Crippen LogP contribution in [0.25, 0.3) is 11.3 Å². The van der Waals surface area contributed by atoms with Gasteiger partial charge in [0.05, 0.1) is 19.3 Å². The first-order chi connectivity index (χ1) is 13.6. The lowest BCUT2D eigenvalue weighted by Crippen LogP contribution is -2.26. The molecule has 1 atom stereocenters. The first-order valence-electron chi connectivity index (χ1n) is 9.16. The average molecular weight is 381 g/mol. The lowest BCUT2D eigenvalue weighted by molar-refractivity contribution is 0.0912. The molecule has 28 heavy (non-hydrogen) atoms. The van der Waals surface area contributed by atoms with Crippen LogP contribution in [0.2, 0.25) is 0 Å². The van der Waals surface area contributed by atoms with Crippen LogP contribution in [0, 0.1) is 5.82 Å². The third-order valence-electron chi connectivity index (χ3n) is 4.58. The van der Waals surface area contributed by atoms with Crippen molar-refractivity contribution in [2.45, 2.75) is 19.4 Å². The van der Waals surface area contributed by atoms with Crippen molar-refractivity contribution in [1.82, 2.24) is 5.32 Å². The van der Waals surface area contributed by atoms with E-state index in [4.69, 9.17) is 13.9 Å². The smallest absolute Gasteiger partial charge is 0.287 e. The summed E-state index contributed by atoms with van der Waals surface area (Å²) in [6, 6.07) is 14.6. The monoisotopic (exact) mass is 381 g/mol. The second kappa shape index (κ2) is 7.76. The molecule has 6 heteroatoms. The molecule has 1 aliphatic heterocycles. The summed E-state index contributed by atoms with van der Waals surface area (Å²) in [5.74, 6) is 1.46. The Labute approximate surface area is 162 Å². The average Bonchev–Trinajstić information content (AvgIpc) is 3.07. The summed E-state index contributed by atoms with van der Waals surface area (Å²) in [6.07, 6.45) is 0.838. The van der Waals surface area contributed by atoms with Crippen LogP contribution in [-0.4, -0.2) is 19.1 Å². The van der Waals surface area contributed by atoms with Gasteiger partial charge in [0.2, 0.25) is 0 Å². The Morgan fingerprint density at radius 1 is 1.00 bits per heavy atom. The number of carbonyl (C=O) groups excluding carboxylic acids is 1. The van der Waals surface area contributed by atoms with E-state index in [0.717, 1.165) is 17.7 Å². The zero-order chi connectivity index (χ0) is 19.5. The largest absolute Gasteiger partial charge is 0.490 e. The van der Waals surface area contributed by atoms with Gasteiger partial charge in [0.25, 0.3) is 5.91 Å². The van der Waals surface area contributed by atoms with Gasteiger partial charge in [-0.25, -0.2) is 4.39 Å². The highest BCUT2D eigenvalue weighted by molar-refractivity contribution is 5.92. The first-order valence-corrected chi connectivity index (χ1v) is 9.16. The standard InChI is InChI=1S/C22H20FNO4/c1-14(16-5-8-19-21(13-16)27-12-2-11-26-19)24-22(25)20-10-9-18(28-20)15-3-6-17(23)7-4-15/h3-10,13-14H,2,11-12H2,1H3,(H,24,25)/t14-/m0/s1. The molecule has 0 bridgehead atoms. The van der Waals surface area contributed by atoms with E-state index in [9.17, 15) is 9.18 Å². The van der Waals surface area contributed by atoms with Gasteiger partial charge in [0.1, 0.15) is 11.6 Å². The van der Waals surface area contributed by atoms with Gasteiger partial charge in [-0.2, -0.15) is 0 Å². The number of hydrogen-bond donors (Lipinski definition) is 1. The van der Waals surface area contributed by atoms with Crippen LogP contribution >= 0.6 is 0 Å². The zero-order valence-corrected chi connectivity index (χ0v) is 15.4. The van der Waals surface area contributed by atoms with E-state index in [1.165, 1.54) is 12.1 Å². The van der Waals surface area contributed by atoms with Crippen LogP contribution < -0.4 is 14.8 Å². The molecule has 1 aromatic heterocycles. The molecule has 1 N–H and O–H groups in total. The van der Waals surface area contributed by atoms with Crippen LogP contribution in [-0.2, 0) is 0 Å². The van der Waals surface area contributed by atoms with E-state index in [2.05, 4.69) is 5.32 Å². The maximum absolute atomic E-state index is 13.1. The van der Waals surface area contributed by atoms with E-state index >= 15 is 0 Å². The van der Waals surface area contributed by atoms with E-state index < -0.39 is 0 Å². The molecule has 0 saturated carbocycles. The van der Waals surface area contributed by atoms with Crippen LogP contribution in [0.4, 0.5) is 4.39 Å². The van der Waals surface area contributed by atoms with Crippen LogP contribution in [0.5, 0.6) is 11.5 Å². The molecule has 0 aliphatic carbocycles. The van der Waals surface area contributed by atoms with Crippen molar-refractivity contribution in [3.8, 4) is 22.8 Å². The van der Waals surface area contributed by atoms with Gasteiger partial charge in [-0.1, -0.05) is 6.07 Å². The Kier molecular flexibility index (Phi) is 5.02. The second-order valence-corrected chi connectivity index (χ2v) is 6.62. The Bertz CT molecular complexity index is 980. The third-order valence-corrected chi connectivity index (χ3v) is 4.58. The lowest BCUT2D eigenvalue weighted by Gasteiger charge is -2.16. The van der Waals surface area contributed by atoms with E-state index in [-0.39, 0.29) is 23.5 Å². The molecule has 3 aromatic rings. The molecular formula is C22H20FNO4. The topological polar surface area (TPSA) is 60.7 Å². The van der Waals surface area contributed by atoms with Gasteiger partial charge in [0.15, 0.2) is 17.3 Å². The van der Waals surface area contributed by atoms with Gasteiger partial charge < -0.3 is 19.2 Å². The Hall–Kier alpha value is -3.28. The number of halogens is 1. The zero-order valence-electron chi connectivity index (χ0n) is 15.4. The first kappa shape index (κ1) is 18.1. The number of hydrogen-bond acceptors (Lipinski definition) is 4. The molecule has 0 radical (unpaired) electrons. The number of rotatable bonds is 4. The quantitative estimate of drug-likeness (QED) is 0.709. The van der Waals surface area contributed by atoms with Crippen molar-refractivity contribution in [1.29, 1.82) is 0 Å². The number of carbonyl (C=O) groups is 1. The maximum Gasteiger partial charge on any atom is 0.287 e. The van der Waals surface area contributed by atoms with Crippen molar-refractivity contribution in [3.05, 3.63) is 71.7 Å². The molecule has 0 fully saturated rings. The third kappa shape index (κ3) is 3.86. The Balaban J connectivity index is 1.46. The Morgan fingerprint density at radius 3 is 2.54 bits per heavy atom. The number of furan rings is 1. The number of benzene rings is 2. The number of nitrogens with one attached hydrogen (secondary N) is 1. The van der Waals surface area contributed by atoms with Gasteiger partial charge in [0, 0.05) is 12.0 Å². The van der Waals surface area contributed by atoms with Crippen LogP contribution in [0.15, 0.2) is 59.0 Å². The summed E-state index contributed by atoms with van der Waals surface area (Å²) in [7, 11) is 0. The van der Waals surface area contributed by atoms with E-state index in [1.807, 2.05) is 25.1 Å². The molecule has 0 unspecified atom stereocenters. The van der Waals surface area contributed by atoms with Crippen molar-refractivity contribution in [2.75, 3.05) is 13.2 Å². The van der Waals surface area contributed by atoms with E-state index in [1.54, 1.807) is 24.3 Å². The summed E-state index contributed by atoms with van der Waals surface area (Å²) in [5.41, 5.74) is 1.61. The van der Waals surface area contributed by atoms with E-state index in [0.29, 0.717) is 30.3 Å². The minimum absolute atomic E-state index is 0.195. The second-order valence-electron chi connectivity index (χ2n) is 6.62. The molecule has 144 valence electrons. The van der Waals surface area contributed by atoms with Gasteiger partial charge in [-0.15, -0.1) is 0 Å². The minimum atomic E-state index is -0.326. The predicted molar refractivity (Wildman–Crippen MR) is 102 cm³/mol. The van der Waals surface area contributed by atoms with Crippen molar-refractivity contribution >= 4 is 5.91 Å². The van der Waals surface area contributed by atoms with Gasteiger partial charge >= 0.3 is 0 Å². The highest BCUT2D eigenvalue weighted by Crippen LogP contribution is 2.32. The number of ether oxygens (including phenoxy) is 2. The van der Waals surface area contributed by atoms with Gasteiger partial charge in [-0.3, -0.25) is 4.79 Å². The highest BCUT2D eigenvalue weighted by atomic mass is 19.1. The van der Waals surface area contributed by atoms with Crippen molar-refractivity contribution in [3.63, 3.8) is 0 Å². The number of fused-ring (bicyclic) bond motifs is 1. The molecule has 2 aromatic carbocycles. The van der Waals surface area contributed by atoms with Crippen LogP contribution in [0.3, 0.4) is 0 Å². The molecule has 0 spiro atoms. The maximum atomic E-state index is 13.1. The fraction of sp³-hybridized carbons (Fsp3) is 0.227. The molecule has 0 saturated heterocycles. The minimum Gasteiger partial charge on any atom is -0.490 e. The molecule has 1 amide bonds. The highest BCUT2D eigenvalue weighted by Gasteiger charge is 2.18. The summed E-state index contributed by atoms with van der Waals surface area (Å²) < 4.78 is 30.0. The lowest BCUT2D eigenvalue weighted by atomic mass is 10.1. The van der Waals surface area contributed by atoms with Crippen LogP contribution in [0.1, 0.15) is 35.5 Å². The molecule has 5 nitrogen and oxygen atoms in total. The fourth-order valence-corrected chi connectivity index (χ4v) is 3.03. The Morgan fingerprint density at radius 2 is 1.75 bits per heavy atom. The summed E-state index contributed by atoms with van der Waals surface area (Å²) >= 11 is 0. The van der Waals surface area contributed by atoms with Crippen molar-refractivity contribution in [2.24, 2.45) is 0 Å². The summed E-state index contributed by atoms with van der Waals surface area (Å²) in [6.45, 7) is 3.13. The normalized spacial score (nSPS) is 14.2. The molecular weight excluding hydrogens is 361 g/mol.